The third-order valence-electron chi connectivity index (χ3n) is 4.36. The number of hydrogen-bond acceptors (Lipinski definition) is 5. The minimum Gasteiger partial charge on any atom is -0.378 e. The van der Waals surface area contributed by atoms with Crippen LogP contribution < -0.4 is 5.73 Å². The van der Waals surface area contributed by atoms with E-state index in [0.29, 0.717) is 18.6 Å². The van der Waals surface area contributed by atoms with E-state index >= 15 is 0 Å². The Balaban J connectivity index is 1.53. The Hall–Kier alpha value is -0.560. The fraction of sp³-hybridized carbons (Fsp3) is 0.688. The zero-order chi connectivity index (χ0) is 15.4. The van der Waals surface area contributed by atoms with Crippen LogP contribution in [0.25, 0.3) is 0 Å². The second kappa shape index (κ2) is 7.81. The van der Waals surface area contributed by atoms with Crippen LogP contribution in [0.4, 0.5) is 0 Å². The SMILES string of the molecule is NCCCOC1CCN(C(=O)C2SCCc3sccc32)CC1. The molecule has 1 unspecified atom stereocenters. The molecule has 1 aromatic heterocycles. The maximum absolute atomic E-state index is 12.8. The summed E-state index contributed by atoms with van der Waals surface area (Å²) in [6.07, 6.45) is 4.22. The highest BCUT2D eigenvalue weighted by atomic mass is 32.2. The van der Waals surface area contributed by atoms with Crippen LogP contribution in [0.5, 0.6) is 0 Å². The highest BCUT2D eigenvalue weighted by Gasteiger charge is 2.33. The molecule has 1 saturated heterocycles. The van der Waals surface area contributed by atoms with Crippen LogP contribution in [-0.4, -0.2) is 48.9 Å². The van der Waals surface area contributed by atoms with Crippen molar-refractivity contribution >= 4 is 29.0 Å². The highest BCUT2D eigenvalue weighted by Crippen LogP contribution is 2.40. The van der Waals surface area contributed by atoms with Gasteiger partial charge < -0.3 is 15.4 Å². The van der Waals surface area contributed by atoms with E-state index in [2.05, 4.69) is 11.4 Å². The number of ether oxygens (including phenoxy) is 1. The van der Waals surface area contributed by atoms with Crippen LogP contribution in [0.3, 0.4) is 0 Å². The molecule has 2 aliphatic rings. The summed E-state index contributed by atoms with van der Waals surface area (Å²) in [6, 6.07) is 2.14. The zero-order valence-corrected chi connectivity index (χ0v) is 14.5. The summed E-state index contributed by atoms with van der Waals surface area (Å²) in [7, 11) is 0. The van der Waals surface area contributed by atoms with E-state index < -0.39 is 0 Å². The van der Waals surface area contributed by atoms with E-state index in [0.717, 1.165) is 51.1 Å². The van der Waals surface area contributed by atoms with Gasteiger partial charge in [-0.25, -0.2) is 0 Å². The minimum atomic E-state index is 0.0182. The van der Waals surface area contributed by atoms with Crippen molar-refractivity contribution in [1.82, 2.24) is 4.90 Å². The van der Waals surface area contributed by atoms with Gasteiger partial charge in [-0.2, -0.15) is 0 Å². The van der Waals surface area contributed by atoms with Crippen LogP contribution >= 0.6 is 23.1 Å². The number of aryl methyl sites for hydroxylation is 1. The van der Waals surface area contributed by atoms with Gasteiger partial charge in [-0.05, 0) is 55.0 Å². The fourth-order valence-electron chi connectivity index (χ4n) is 3.09. The first-order chi connectivity index (χ1) is 10.8. The lowest BCUT2D eigenvalue weighted by molar-refractivity contribution is -0.133. The van der Waals surface area contributed by atoms with Crippen molar-refractivity contribution in [3.63, 3.8) is 0 Å². The lowest BCUT2D eigenvalue weighted by atomic mass is 10.1. The molecule has 2 N–H and O–H groups in total. The first-order valence-corrected chi connectivity index (χ1v) is 10.0. The molecular formula is C16H24N2O2S2. The normalized spacial score (nSPS) is 22.6. The van der Waals surface area contributed by atoms with Crippen molar-refractivity contribution in [3.8, 4) is 0 Å². The van der Waals surface area contributed by atoms with E-state index in [1.165, 1.54) is 10.4 Å². The van der Waals surface area contributed by atoms with Crippen molar-refractivity contribution in [3.05, 3.63) is 21.9 Å². The maximum atomic E-state index is 12.8. The molecule has 22 heavy (non-hydrogen) atoms. The van der Waals surface area contributed by atoms with Crippen LogP contribution in [0.1, 0.15) is 35.0 Å². The largest absolute Gasteiger partial charge is 0.378 e. The first kappa shape index (κ1) is 16.3. The number of carbonyl (C=O) groups is 1. The molecule has 0 aliphatic carbocycles. The number of piperidine rings is 1. The molecule has 1 fully saturated rings. The number of nitrogens with zero attached hydrogens (tertiary/aromatic N) is 1. The van der Waals surface area contributed by atoms with Crippen LogP contribution in [0.2, 0.25) is 0 Å². The Labute approximate surface area is 140 Å². The Bertz CT molecular complexity index is 498. The number of nitrogens with two attached hydrogens (primary N) is 1. The average molecular weight is 341 g/mol. The Kier molecular flexibility index (Phi) is 5.79. The Morgan fingerprint density at radius 1 is 1.41 bits per heavy atom. The van der Waals surface area contributed by atoms with Gasteiger partial charge in [0.2, 0.25) is 5.91 Å². The summed E-state index contributed by atoms with van der Waals surface area (Å²) >= 11 is 3.59. The number of likely N-dealkylation sites (tertiary alicyclic amines) is 1. The lowest BCUT2D eigenvalue weighted by Gasteiger charge is -2.35. The molecule has 2 aliphatic heterocycles. The van der Waals surface area contributed by atoms with Gasteiger partial charge in [-0.1, -0.05) is 0 Å². The topological polar surface area (TPSA) is 55.6 Å². The van der Waals surface area contributed by atoms with Crippen molar-refractivity contribution in [2.45, 2.75) is 37.0 Å². The molecular weight excluding hydrogens is 316 g/mol. The molecule has 3 heterocycles. The number of carbonyl (C=O) groups excluding carboxylic acids is 1. The number of thiophene rings is 1. The molecule has 4 nitrogen and oxygen atoms in total. The molecule has 1 atom stereocenters. The van der Waals surface area contributed by atoms with Crippen molar-refractivity contribution in [1.29, 1.82) is 0 Å². The van der Waals surface area contributed by atoms with E-state index in [1.807, 2.05) is 4.90 Å². The number of fused-ring (bicyclic) bond motifs is 1. The number of rotatable bonds is 5. The second-order valence-corrected chi connectivity index (χ2v) is 8.05. The summed E-state index contributed by atoms with van der Waals surface area (Å²) in [5, 5.41) is 2.14. The third-order valence-corrected chi connectivity index (χ3v) is 6.58. The van der Waals surface area contributed by atoms with Gasteiger partial charge >= 0.3 is 0 Å². The number of amides is 1. The van der Waals surface area contributed by atoms with Gasteiger partial charge in [-0.3, -0.25) is 4.79 Å². The predicted octanol–water partition coefficient (Wildman–Crippen LogP) is 2.43. The molecule has 0 radical (unpaired) electrons. The molecule has 0 bridgehead atoms. The Morgan fingerprint density at radius 3 is 3.00 bits per heavy atom. The summed E-state index contributed by atoms with van der Waals surface area (Å²) in [6.45, 7) is 3.07. The number of hydrogen-bond donors (Lipinski definition) is 1. The second-order valence-electron chi connectivity index (χ2n) is 5.84. The zero-order valence-electron chi connectivity index (χ0n) is 12.8. The predicted molar refractivity (Wildman–Crippen MR) is 92.4 cm³/mol. The van der Waals surface area contributed by atoms with Crippen molar-refractivity contribution < 1.29 is 9.53 Å². The number of thioether (sulfide) groups is 1. The quantitative estimate of drug-likeness (QED) is 0.837. The fourth-order valence-corrected chi connectivity index (χ4v) is 5.47. The van der Waals surface area contributed by atoms with E-state index in [-0.39, 0.29) is 5.25 Å². The monoisotopic (exact) mass is 340 g/mol. The van der Waals surface area contributed by atoms with Gasteiger partial charge in [0.15, 0.2) is 0 Å². The summed E-state index contributed by atoms with van der Waals surface area (Å²) in [4.78, 5) is 16.3. The average Bonchev–Trinajstić information content (AvgIpc) is 3.04. The van der Waals surface area contributed by atoms with Crippen LogP contribution in [0.15, 0.2) is 11.4 Å². The lowest BCUT2D eigenvalue weighted by Crippen LogP contribution is -2.43. The van der Waals surface area contributed by atoms with Gasteiger partial charge in [0, 0.05) is 24.6 Å². The van der Waals surface area contributed by atoms with E-state index in [4.69, 9.17) is 10.5 Å². The first-order valence-electron chi connectivity index (χ1n) is 8.08. The standard InChI is InChI=1S/C16H24N2O2S2/c17-6-1-9-20-12-2-7-18(8-3-12)16(19)15-13-4-10-21-14(13)5-11-22-15/h4,10,12,15H,1-3,5-9,11,17H2. The van der Waals surface area contributed by atoms with Gasteiger partial charge in [0.1, 0.15) is 5.25 Å². The molecule has 6 heteroatoms. The minimum absolute atomic E-state index is 0.0182. The highest BCUT2D eigenvalue weighted by molar-refractivity contribution is 8.00. The van der Waals surface area contributed by atoms with Crippen molar-refractivity contribution in [2.24, 2.45) is 5.73 Å². The van der Waals surface area contributed by atoms with Crippen LogP contribution in [0, 0.1) is 0 Å². The maximum Gasteiger partial charge on any atom is 0.240 e. The van der Waals surface area contributed by atoms with E-state index in [9.17, 15) is 4.79 Å². The third kappa shape index (κ3) is 3.67. The van der Waals surface area contributed by atoms with Gasteiger partial charge in [-0.15, -0.1) is 23.1 Å². The van der Waals surface area contributed by atoms with Gasteiger partial charge in [0.25, 0.3) is 0 Å². The summed E-state index contributed by atoms with van der Waals surface area (Å²) in [5.74, 6) is 1.35. The molecule has 122 valence electrons. The smallest absolute Gasteiger partial charge is 0.240 e. The van der Waals surface area contributed by atoms with Crippen molar-refractivity contribution in [2.75, 3.05) is 32.0 Å². The molecule has 0 saturated carbocycles. The molecule has 1 aromatic rings. The molecule has 0 spiro atoms. The molecule has 1 amide bonds. The molecule has 3 rings (SSSR count). The summed E-state index contributed by atoms with van der Waals surface area (Å²) < 4.78 is 5.82. The van der Waals surface area contributed by atoms with Gasteiger partial charge in [0.05, 0.1) is 6.10 Å². The Morgan fingerprint density at radius 2 is 2.23 bits per heavy atom. The molecule has 0 aromatic carbocycles. The van der Waals surface area contributed by atoms with E-state index in [1.54, 1.807) is 23.1 Å². The van der Waals surface area contributed by atoms with Crippen LogP contribution in [-0.2, 0) is 16.0 Å². The summed E-state index contributed by atoms with van der Waals surface area (Å²) in [5.41, 5.74) is 6.74.